The number of fused-ring (bicyclic) bond motifs is 5. The summed E-state index contributed by atoms with van der Waals surface area (Å²) in [5.74, 6) is 6.19. The molecule has 5 rings (SSSR count). The third kappa shape index (κ3) is 4.78. The molecule has 0 bridgehead atoms. The van der Waals surface area contributed by atoms with Gasteiger partial charge in [-0.15, -0.1) is 0 Å². The highest BCUT2D eigenvalue weighted by molar-refractivity contribution is 5.96. The van der Waals surface area contributed by atoms with E-state index in [1.165, 1.54) is 70.6 Å². The number of rotatable bonds is 8. The number of Topliss-reactive ketones (excluding diaryl/α,β-unsaturated/α-hetero) is 1. The molecule has 0 aliphatic heterocycles. The van der Waals surface area contributed by atoms with E-state index >= 15 is 0 Å². The van der Waals surface area contributed by atoms with Gasteiger partial charge in [0.25, 0.3) is 0 Å². The summed E-state index contributed by atoms with van der Waals surface area (Å²) in [4.78, 5) is 12.9. The molecule has 4 aliphatic rings. The standard InChI is InChI=1S/C35H52O/c1-24(2)10-9-11-25(3)30-16-17-31-29-15-14-28-22-26(23-33(36)27-12-7-6-8-13-27)18-20-34(28,4)32(29)19-21-35(30,31)5/h6-8,12-13,22,24-26,29-32H,9-11,14-21,23H2,1-5H3/t25-,26-,29+,30-,31+,32+,34+,35-/m1/s1. The highest BCUT2D eigenvalue weighted by Crippen LogP contribution is 2.68. The van der Waals surface area contributed by atoms with E-state index in [2.05, 4.69) is 40.7 Å². The Morgan fingerprint density at radius 2 is 1.69 bits per heavy atom. The molecule has 1 nitrogen and oxygen atoms in total. The summed E-state index contributed by atoms with van der Waals surface area (Å²) in [7, 11) is 0. The van der Waals surface area contributed by atoms with Crippen LogP contribution < -0.4 is 0 Å². The zero-order chi connectivity index (χ0) is 25.5. The Morgan fingerprint density at radius 1 is 0.917 bits per heavy atom. The molecule has 4 aliphatic carbocycles. The van der Waals surface area contributed by atoms with E-state index in [4.69, 9.17) is 0 Å². The Kier molecular flexibility index (Phi) is 7.59. The van der Waals surface area contributed by atoms with Gasteiger partial charge in [0.1, 0.15) is 0 Å². The van der Waals surface area contributed by atoms with Crippen molar-refractivity contribution in [3.63, 3.8) is 0 Å². The fraction of sp³-hybridized carbons (Fsp3) is 0.743. The number of hydrogen-bond donors (Lipinski definition) is 0. The maximum absolute atomic E-state index is 12.9. The van der Waals surface area contributed by atoms with E-state index < -0.39 is 0 Å². The summed E-state index contributed by atoms with van der Waals surface area (Å²) in [5, 5.41) is 0. The molecular weight excluding hydrogens is 436 g/mol. The first kappa shape index (κ1) is 26.2. The maximum atomic E-state index is 12.9. The molecule has 198 valence electrons. The number of carbonyl (C=O) groups excluding carboxylic acids is 1. The van der Waals surface area contributed by atoms with Crippen molar-refractivity contribution >= 4 is 5.78 Å². The van der Waals surface area contributed by atoms with Gasteiger partial charge in [-0.05, 0) is 104 Å². The molecule has 1 aromatic rings. The molecule has 3 fully saturated rings. The highest BCUT2D eigenvalue weighted by Gasteiger charge is 2.59. The van der Waals surface area contributed by atoms with Crippen molar-refractivity contribution in [2.45, 2.75) is 112 Å². The molecule has 1 aromatic carbocycles. The van der Waals surface area contributed by atoms with Gasteiger partial charge in [0.2, 0.25) is 0 Å². The smallest absolute Gasteiger partial charge is 0.163 e. The van der Waals surface area contributed by atoms with Gasteiger partial charge >= 0.3 is 0 Å². The van der Waals surface area contributed by atoms with Crippen LogP contribution in [-0.2, 0) is 0 Å². The lowest BCUT2D eigenvalue weighted by Crippen LogP contribution is -2.51. The first-order valence-corrected chi connectivity index (χ1v) is 15.5. The fourth-order valence-electron chi connectivity index (χ4n) is 9.97. The van der Waals surface area contributed by atoms with E-state index in [9.17, 15) is 4.79 Å². The molecule has 0 unspecified atom stereocenters. The fourth-order valence-corrected chi connectivity index (χ4v) is 9.97. The topological polar surface area (TPSA) is 17.1 Å². The second-order valence-corrected chi connectivity index (χ2v) is 14.3. The Hall–Kier alpha value is -1.37. The number of ketones is 1. The quantitative estimate of drug-likeness (QED) is 0.263. The van der Waals surface area contributed by atoms with Crippen LogP contribution in [-0.4, -0.2) is 5.78 Å². The van der Waals surface area contributed by atoms with Crippen molar-refractivity contribution in [3.8, 4) is 0 Å². The zero-order valence-corrected chi connectivity index (χ0v) is 23.9. The Morgan fingerprint density at radius 3 is 2.44 bits per heavy atom. The summed E-state index contributed by atoms with van der Waals surface area (Å²) in [5.41, 5.74) is 3.57. The summed E-state index contributed by atoms with van der Waals surface area (Å²) >= 11 is 0. The predicted molar refractivity (Wildman–Crippen MR) is 152 cm³/mol. The largest absolute Gasteiger partial charge is 0.294 e. The first-order valence-electron chi connectivity index (χ1n) is 15.5. The Bertz CT molecular complexity index is 943. The van der Waals surface area contributed by atoms with Gasteiger partial charge in [-0.3, -0.25) is 4.79 Å². The maximum Gasteiger partial charge on any atom is 0.163 e. The van der Waals surface area contributed by atoms with Gasteiger partial charge in [-0.1, -0.05) is 95.9 Å². The Labute approximate surface area is 221 Å². The van der Waals surface area contributed by atoms with E-state index in [1.807, 2.05) is 30.3 Å². The van der Waals surface area contributed by atoms with Crippen molar-refractivity contribution in [3.05, 3.63) is 47.5 Å². The predicted octanol–water partition coefficient (Wildman–Crippen LogP) is 9.92. The average Bonchev–Trinajstić information content (AvgIpc) is 3.22. The van der Waals surface area contributed by atoms with Crippen LogP contribution in [0.3, 0.4) is 0 Å². The van der Waals surface area contributed by atoms with Gasteiger partial charge in [0.05, 0.1) is 0 Å². The van der Waals surface area contributed by atoms with Gasteiger partial charge in [0, 0.05) is 12.0 Å². The molecule has 1 heteroatoms. The lowest BCUT2D eigenvalue weighted by Gasteiger charge is -2.59. The molecule has 0 spiro atoms. The van der Waals surface area contributed by atoms with E-state index in [1.54, 1.807) is 5.57 Å². The summed E-state index contributed by atoms with van der Waals surface area (Å²) in [6.07, 6.45) is 18.6. The molecule has 36 heavy (non-hydrogen) atoms. The van der Waals surface area contributed by atoms with Crippen LogP contribution >= 0.6 is 0 Å². The lowest BCUT2D eigenvalue weighted by atomic mass is 9.46. The SMILES string of the molecule is CC(C)CCC[C@@H](C)[C@H]1CC[C@H]2[C@@H]3CCC4=C[C@H](CC(=O)c5ccccc5)CC[C@]4(C)[C@H]3CC[C@]12C. The lowest BCUT2D eigenvalue weighted by molar-refractivity contribution is -0.0606. The van der Waals surface area contributed by atoms with Crippen LogP contribution in [0.15, 0.2) is 42.0 Å². The molecule has 0 radical (unpaired) electrons. The number of allylic oxidation sites excluding steroid dienone is 2. The third-order valence-electron chi connectivity index (χ3n) is 12.0. The minimum Gasteiger partial charge on any atom is -0.294 e. The summed E-state index contributed by atoms with van der Waals surface area (Å²) in [6, 6.07) is 9.93. The molecule has 0 amide bonds. The minimum atomic E-state index is 0.322. The number of benzene rings is 1. The zero-order valence-electron chi connectivity index (χ0n) is 23.9. The highest BCUT2D eigenvalue weighted by atomic mass is 16.1. The Balaban J connectivity index is 1.26. The van der Waals surface area contributed by atoms with Crippen molar-refractivity contribution in [2.75, 3.05) is 0 Å². The summed E-state index contributed by atoms with van der Waals surface area (Å²) in [6.45, 7) is 12.7. The second-order valence-electron chi connectivity index (χ2n) is 14.3. The van der Waals surface area contributed by atoms with Crippen LogP contribution in [0.25, 0.3) is 0 Å². The number of carbonyl (C=O) groups is 1. The van der Waals surface area contributed by atoms with Gasteiger partial charge < -0.3 is 0 Å². The van der Waals surface area contributed by atoms with E-state index in [0.717, 1.165) is 41.1 Å². The van der Waals surface area contributed by atoms with Crippen LogP contribution in [0.1, 0.15) is 122 Å². The normalized spacial score (nSPS) is 38.6. The van der Waals surface area contributed by atoms with Crippen LogP contribution in [0.5, 0.6) is 0 Å². The molecule has 0 saturated heterocycles. The van der Waals surface area contributed by atoms with Crippen LogP contribution in [0, 0.1) is 52.3 Å². The van der Waals surface area contributed by atoms with Crippen molar-refractivity contribution in [2.24, 2.45) is 52.3 Å². The van der Waals surface area contributed by atoms with Crippen molar-refractivity contribution < 1.29 is 4.79 Å². The third-order valence-corrected chi connectivity index (χ3v) is 12.0. The van der Waals surface area contributed by atoms with Gasteiger partial charge in [-0.2, -0.15) is 0 Å². The van der Waals surface area contributed by atoms with Crippen molar-refractivity contribution in [1.82, 2.24) is 0 Å². The molecule has 8 atom stereocenters. The second kappa shape index (κ2) is 10.4. The van der Waals surface area contributed by atoms with Crippen LogP contribution in [0.4, 0.5) is 0 Å². The number of hydrogen-bond acceptors (Lipinski definition) is 1. The van der Waals surface area contributed by atoms with E-state index in [-0.39, 0.29) is 0 Å². The molecule has 3 saturated carbocycles. The molecule has 0 aromatic heterocycles. The van der Waals surface area contributed by atoms with Crippen LogP contribution in [0.2, 0.25) is 0 Å². The minimum absolute atomic E-state index is 0.322. The van der Waals surface area contributed by atoms with Crippen molar-refractivity contribution in [1.29, 1.82) is 0 Å². The summed E-state index contributed by atoms with van der Waals surface area (Å²) < 4.78 is 0. The van der Waals surface area contributed by atoms with Gasteiger partial charge in [0.15, 0.2) is 5.78 Å². The average molecular weight is 489 g/mol. The molecule has 0 heterocycles. The van der Waals surface area contributed by atoms with E-state index in [0.29, 0.717) is 29.0 Å². The molecular formula is C35H52O. The first-order chi connectivity index (χ1) is 17.2. The molecule has 0 N–H and O–H groups in total. The monoisotopic (exact) mass is 488 g/mol. The van der Waals surface area contributed by atoms with Gasteiger partial charge in [-0.25, -0.2) is 0 Å².